The van der Waals surface area contributed by atoms with Gasteiger partial charge in [0.25, 0.3) is 0 Å². The van der Waals surface area contributed by atoms with Crippen molar-refractivity contribution in [2.75, 3.05) is 0 Å². The molecule has 0 atom stereocenters. The van der Waals surface area contributed by atoms with Crippen LogP contribution in [0.25, 0.3) is 0 Å². The van der Waals surface area contributed by atoms with Gasteiger partial charge in [-0.2, -0.15) is 5.10 Å². The van der Waals surface area contributed by atoms with Gasteiger partial charge < -0.3 is 10.9 Å². The van der Waals surface area contributed by atoms with E-state index in [-0.39, 0.29) is 5.84 Å². The van der Waals surface area contributed by atoms with Crippen molar-refractivity contribution in [3.8, 4) is 0 Å². The van der Waals surface area contributed by atoms with E-state index in [1.54, 1.807) is 10.9 Å². The molecular formula is C8H13ClN4O. The highest BCUT2D eigenvalue weighted by Gasteiger charge is 2.03. The zero-order chi connectivity index (χ0) is 10.6. The van der Waals surface area contributed by atoms with Crippen molar-refractivity contribution in [2.45, 2.75) is 26.3 Å². The minimum absolute atomic E-state index is 0.237. The Bertz CT molecular complexity index is 334. The molecule has 14 heavy (non-hydrogen) atoms. The van der Waals surface area contributed by atoms with Crippen molar-refractivity contribution in [3.63, 3.8) is 0 Å². The molecule has 0 fully saturated rings. The number of oxime groups is 1. The highest BCUT2D eigenvalue weighted by Crippen LogP contribution is 2.13. The van der Waals surface area contributed by atoms with Crippen molar-refractivity contribution < 1.29 is 5.21 Å². The number of amidine groups is 1. The fraction of sp³-hybridized carbons (Fsp3) is 0.500. The fourth-order valence-electron chi connectivity index (χ4n) is 1.11. The molecule has 1 heterocycles. The lowest BCUT2D eigenvalue weighted by Crippen LogP contribution is -2.13. The molecule has 0 aliphatic carbocycles. The number of hydrogen-bond acceptors (Lipinski definition) is 3. The Hall–Kier alpha value is -1.23. The highest BCUT2D eigenvalue weighted by atomic mass is 35.5. The van der Waals surface area contributed by atoms with Crippen molar-refractivity contribution in [1.82, 2.24) is 9.78 Å². The van der Waals surface area contributed by atoms with Crippen LogP contribution < -0.4 is 5.73 Å². The van der Waals surface area contributed by atoms with Crippen LogP contribution in [0, 0.1) is 6.92 Å². The summed E-state index contributed by atoms with van der Waals surface area (Å²) in [7, 11) is 0. The molecule has 0 aliphatic heterocycles. The van der Waals surface area contributed by atoms with Crippen LogP contribution in [0.2, 0.25) is 5.02 Å². The predicted octanol–water partition coefficient (Wildman–Crippen LogP) is 1.37. The molecule has 0 spiro atoms. The summed E-state index contributed by atoms with van der Waals surface area (Å²) >= 11 is 5.83. The molecule has 1 aromatic rings. The van der Waals surface area contributed by atoms with E-state index in [1.807, 2.05) is 6.92 Å². The number of nitrogens with two attached hydrogens (primary N) is 1. The van der Waals surface area contributed by atoms with Gasteiger partial charge in [-0.05, 0) is 13.3 Å². The molecule has 0 radical (unpaired) electrons. The van der Waals surface area contributed by atoms with Gasteiger partial charge in [-0.15, -0.1) is 0 Å². The third-order valence-electron chi connectivity index (χ3n) is 1.97. The molecule has 0 aliphatic rings. The predicted molar refractivity (Wildman–Crippen MR) is 54.6 cm³/mol. The largest absolute Gasteiger partial charge is 0.409 e. The summed E-state index contributed by atoms with van der Waals surface area (Å²) in [6, 6.07) is 0. The lowest BCUT2D eigenvalue weighted by Gasteiger charge is -2.03. The maximum atomic E-state index is 8.31. The van der Waals surface area contributed by atoms with Crippen molar-refractivity contribution >= 4 is 17.4 Å². The van der Waals surface area contributed by atoms with Gasteiger partial charge in [0, 0.05) is 13.0 Å². The van der Waals surface area contributed by atoms with Gasteiger partial charge >= 0.3 is 0 Å². The third kappa shape index (κ3) is 2.63. The molecule has 0 amide bonds. The van der Waals surface area contributed by atoms with E-state index in [2.05, 4.69) is 10.3 Å². The summed E-state index contributed by atoms with van der Waals surface area (Å²) in [6.45, 7) is 2.62. The number of hydrogen-bond donors (Lipinski definition) is 2. The van der Waals surface area contributed by atoms with Gasteiger partial charge in [-0.25, -0.2) is 0 Å². The van der Waals surface area contributed by atoms with Crippen LogP contribution in [0.4, 0.5) is 0 Å². The molecule has 0 saturated heterocycles. The number of aromatic nitrogens is 2. The van der Waals surface area contributed by atoms with Gasteiger partial charge in [0.05, 0.1) is 16.9 Å². The number of aryl methyl sites for hydroxylation is 1. The van der Waals surface area contributed by atoms with E-state index in [9.17, 15) is 0 Å². The lowest BCUT2D eigenvalue weighted by atomic mass is 10.3. The Morgan fingerprint density at radius 1 is 1.79 bits per heavy atom. The fourth-order valence-corrected chi connectivity index (χ4v) is 1.25. The van der Waals surface area contributed by atoms with Crippen molar-refractivity contribution in [1.29, 1.82) is 0 Å². The first-order valence-electron chi connectivity index (χ1n) is 4.29. The molecule has 3 N–H and O–H groups in total. The van der Waals surface area contributed by atoms with Crippen LogP contribution in [0.15, 0.2) is 11.4 Å². The molecule has 5 nitrogen and oxygen atoms in total. The molecule has 0 aromatic carbocycles. The van der Waals surface area contributed by atoms with Gasteiger partial charge in [0.15, 0.2) is 0 Å². The van der Waals surface area contributed by atoms with E-state index in [0.717, 1.165) is 18.7 Å². The second-order valence-electron chi connectivity index (χ2n) is 3.00. The van der Waals surface area contributed by atoms with Crippen LogP contribution in [0.5, 0.6) is 0 Å². The third-order valence-corrected chi connectivity index (χ3v) is 2.35. The van der Waals surface area contributed by atoms with E-state index in [4.69, 9.17) is 22.5 Å². The highest BCUT2D eigenvalue weighted by molar-refractivity contribution is 6.31. The topological polar surface area (TPSA) is 76.4 Å². The molecule has 1 aromatic heterocycles. The minimum atomic E-state index is 0.237. The second kappa shape index (κ2) is 4.85. The Balaban J connectivity index is 2.43. The summed E-state index contributed by atoms with van der Waals surface area (Å²) in [6.07, 6.45) is 2.93. The van der Waals surface area contributed by atoms with Gasteiger partial charge in [-0.3, -0.25) is 4.68 Å². The lowest BCUT2D eigenvalue weighted by molar-refractivity contribution is 0.316. The Labute approximate surface area is 87.2 Å². The van der Waals surface area contributed by atoms with Crippen LogP contribution in [0.3, 0.4) is 0 Å². The zero-order valence-electron chi connectivity index (χ0n) is 7.94. The molecule has 0 saturated carbocycles. The monoisotopic (exact) mass is 216 g/mol. The standard InChI is InChI=1S/C8H13ClN4O/c1-6-7(9)5-11-13(6)4-2-3-8(10)12-14/h5,14H,2-4H2,1H3,(H2,10,12). The summed E-state index contributed by atoms with van der Waals surface area (Å²) in [5.41, 5.74) is 6.26. The molecule has 0 bridgehead atoms. The molecule has 0 unspecified atom stereocenters. The number of rotatable bonds is 4. The van der Waals surface area contributed by atoms with E-state index in [1.165, 1.54) is 0 Å². The zero-order valence-corrected chi connectivity index (χ0v) is 8.70. The molecule has 1 rings (SSSR count). The average Bonchev–Trinajstić information content (AvgIpc) is 2.49. The Morgan fingerprint density at radius 2 is 2.50 bits per heavy atom. The minimum Gasteiger partial charge on any atom is -0.409 e. The maximum Gasteiger partial charge on any atom is 0.139 e. The van der Waals surface area contributed by atoms with E-state index in [0.29, 0.717) is 11.4 Å². The first-order chi connectivity index (χ1) is 6.65. The van der Waals surface area contributed by atoms with Crippen molar-refractivity contribution in [3.05, 3.63) is 16.9 Å². The molecule has 78 valence electrons. The summed E-state index contributed by atoms with van der Waals surface area (Å²) in [4.78, 5) is 0. The maximum absolute atomic E-state index is 8.31. The normalized spacial score (nSPS) is 12.0. The van der Waals surface area contributed by atoms with E-state index >= 15 is 0 Å². The quantitative estimate of drug-likeness (QED) is 0.346. The van der Waals surface area contributed by atoms with Crippen LogP contribution in [-0.4, -0.2) is 20.8 Å². The summed E-state index contributed by atoms with van der Waals surface area (Å²) in [5.74, 6) is 0.237. The smallest absolute Gasteiger partial charge is 0.139 e. The van der Waals surface area contributed by atoms with Crippen LogP contribution >= 0.6 is 11.6 Å². The first-order valence-corrected chi connectivity index (χ1v) is 4.67. The number of halogens is 1. The molecule has 6 heteroatoms. The Morgan fingerprint density at radius 3 is 3.00 bits per heavy atom. The average molecular weight is 217 g/mol. The van der Waals surface area contributed by atoms with Crippen molar-refractivity contribution in [2.24, 2.45) is 10.9 Å². The Kier molecular flexibility index (Phi) is 3.76. The first kappa shape index (κ1) is 10.8. The van der Waals surface area contributed by atoms with Crippen LogP contribution in [-0.2, 0) is 6.54 Å². The van der Waals surface area contributed by atoms with E-state index < -0.39 is 0 Å². The van der Waals surface area contributed by atoms with Gasteiger partial charge in [0.2, 0.25) is 0 Å². The van der Waals surface area contributed by atoms with Gasteiger partial charge in [0.1, 0.15) is 5.84 Å². The molecular weight excluding hydrogens is 204 g/mol. The van der Waals surface area contributed by atoms with Crippen LogP contribution in [0.1, 0.15) is 18.5 Å². The number of nitrogens with zero attached hydrogens (tertiary/aromatic N) is 3. The summed E-state index contributed by atoms with van der Waals surface area (Å²) < 4.78 is 1.80. The SMILES string of the molecule is Cc1c(Cl)cnn1CCCC(N)=NO. The second-order valence-corrected chi connectivity index (χ2v) is 3.40. The van der Waals surface area contributed by atoms with Gasteiger partial charge in [-0.1, -0.05) is 16.8 Å². The summed E-state index contributed by atoms with van der Waals surface area (Å²) in [5, 5.41) is 15.9.